The molecule has 61 valence electrons. The van der Waals surface area contributed by atoms with Gasteiger partial charge in [0.25, 0.3) is 0 Å². The smallest absolute Gasteiger partial charge is 0.120 e. The lowest BCUT2D eigenvalue weighted by Crippen LogP contribution is -2.11. The summed E-state index contributed by atoms with van der Waals surface area (Å²) in [5, 5.41) is 3.73. The van der Waals surface area contributed by atoms with Gasteiger partial charge in [-0.15, -0.1) is 6.58 Å². The maximum Gasteiger partial charge on any atom is 0.120 e. The first-order valence-electron chi connectivity index (χ1n) is 4.12. The minimum atomic E-state index is 0.568. The molecule has 0 bridgehead atoms. The number of nitrogens with zero attached hydrogens (tertiary/aromatic N) is 1. The van der Waals surface area contributed by atoms with Gasteiger partial charge in [-0.2, -0.15) is 0 Å². The summed E-state index contributed by atoms with van der Waals surface area (Å²) in [6, 6.07) is 0. The topological polar surface area (TPSA) is 21.6 Å². The maximum atomic E-state index is 4.92. The van der Waals surface area contributed by atoms with Gasteiger partial charge in [0.2, 0.25) is 0 Å². The van der Waals surface area contributed by atoms with Crippen LogP contribution in [0.2, 0.25) is 0 Å². The third kappa shape index (κ3) is 3.21. The van der Waals surface area contributed by atoms with Crippen LogP contribution >= 0.6 is 0 Å². The molecule has 1 fully saturated rings. The van der Waals surface area contributed by atoms with Gasteiger partial charge in [0.15, 0.2) is 0 Å². The lowest BCUT2D eigenvalue weighted by Gasteiger charge is -2.18. The Balaban J connectivity index is 1.92. The normalized spacial score (nSPS) is 18.2. The highest BCUT2D eigenvalue weighted by Gasteiger charge is 2.15. The van der Waals surface area contributed by atoms with Crippen molar-refractivity contribution in [3.63, 3.8) is 0 Å². The molecule has 11 heavy (non-hydrogen) atoms. The molecule has 1 saturated carbocycles. The fourth-order valence-corrected chi connectivity index (χ4v) is 0.831. The first-order chi connectivity index (χ1) is 5.43. The zero-order valence-corrected chi connectivity index (χ0v) is 6.75. The van der Waals surface area contributed by atoms with Crippen molar-refractivity contribution in [1.82, 2.24) is 0 Å². The quantitative estimate of drug-likeness (QED) is 0.256. The highest BCUT2D eigenvalue weighted by Crippen LogP contribution is 2.23. The van der Waals surface area contributed by atoms with Gasteiger partial charge in [-0.1, -0.05) is 17.7 Å². The van der Waals surface area contributed by atoms with E-state index >= 15 is 0 Å². The fraction of sp³-hybridized carbons (Fsp3) is 0.667. The molecular weight excluding hydrogens is 138 g/mol. The van der Waals surface area contributed by atoms with Gasteiger partial charge in [-0.05, 0) is 12.8 Å². The fourth-order valence-electron chi connectivity index (χ4n) is 0.831. The Hall–Kier alpha value is -0.790. The van der Waals surface area contributed by atoms with E-state index in [9.17, 15) is 0 Å². The Kier molecular flexibility index (Phi) is 3.73. The summed E-state index contributed by atoms with van der Waals surface area (Å²) < 4.78 is 0. The van der Waals surface area contributed by atoms with Crippen LogP contribution in [0.4, 0.5) is 0 Å². The molecule has 0 aromatic carbocycles. The van der Waals surface area contributed by atoms with Crippen LogP contribution in [0.3, 0.4) is 0 Å². The van der Waals surface area contributed by atoms with Crippen LogP contribution in [0.25, 0.3) is 0 Å². The monoisotopic (exact) mass is 152 g/mol. The summed E-state index contributed by atoms with van der Waals surface area (Å²) in [5.41, 5.74) is 0. The Labute approximate surface area is 67.9 Å². The van der Waals surface area contributed by atoms with Crippen LogP contribution in [0.1, 0.15) is 25.7 Å². The molecule has 1 radical (unpaired) electrons. The Morgan fingerprint density at radius 3 is 3.00 bits per heavy atom. The predicted molar refractivity (Wildman–Crippen MR) is 45.5 cm³/mol. The number of hydrogen-bond acceptors (Lipinski definition) is 2. The molecule has 0 aromatic heterocycles. The minimum Gasteiger partial charge on any atom is -0.395 e. The van der Waals surface area contributed by atoms with Gasteiger partial charge in [0, 0.05) is 12.3 Å². The molecule has 0 spiro atoms. The lowest BCUT2D eigenvalue weighted by molar-refractivity contribution is 0.148. The minimum absolute atomic E-state index is 0.568. The summed E-state index contributed by atoms with van der Waals surface area (Å²) in [6.07, 6.45) is 9.40. The van der Waals surface area contributed by atoms with E-state index in [0.717, 1.165) is 6.42 Å². The first kappa shape index (κ1) is 8.31. The molecule has 0 N–H and O–H groups in total. The first-order valence-corrected chi connectivity index (χ1v) is 4.12. The van der Waals surface area contributed by atoms with Gasteiger partial charge < -0.3 is 4.84 Å². The van der Waals surface area contributed by atoms with Crippen molar-refractivity contribution in [1.29, 1.82) is 0 Å². The SMILES string of the molecule is C=CCCO/N=[C]/C1CCC1. The maximum absolute atomic E-state index is 4.92. The zero-order valence-electron chi connectivity index (χ0n) is 6.75. The predicted octanol–water partition coefficient (Wildman–Crippen LogP) is 2.24. The average molecular weight is 152 g/mol. The van der Waals surface area contributed by atoms with Gasteiger partial charge in [0.1, 0.15) is 12.8 Å². The van der Waals surface area contributed by atoms with Crippen LogP contribution in [0, 0.1) is 5.92 Å². The summed E-state index contributed by atoms with van der Waals surface area (Å²) >= 11 is 0. The van der Waals surface area contributed by atoms with Gasteiger partial charge in [0.05, 0.1) is 0 Å². The van der Waals surface area contributed by atoms with E-state index in [0.29, 0.717) is 12.5 Å². The Morgan fingerprint density at radius 2 is 2.45 bits per heavy atom. The second-order valence-corrected chi connectivity index (χ2v) is 2.76. The molecule has 1 aliphatic rings. The second-order valence-electron chi connectivity index (χ2n) is 2.76. The van der Waals surface area contributed by atoms with E-state index in [4.69, 9.17) is 4.84 Å². The summed E-state index contributed by atoms with van der Waals surface area (Å²) in [5.74, 6) is 0.568. The van der Waals surface area contributed by atoms with Crippen molar-refractivity contribution in [2.45, 2.75) is 25.7 Å². The van der Waals surface area contributed by atoms with E-state index in [2.05, 4.69) is 17.9 Å². The summed E-state index contributed by atoms with van der Waals surface area (Å²) in [6.45, 7) is 4.21. The van der Waals surface area contributed by atoms with E-state index in [1.807, 2.05) is 6.08 Å². The van der Waals surface area contributed by atoms with Gasteiger partial charge in [-0.25, -0.2) is 0 Å². The molecule has 0 unspecified atom stereocenters. The van der Waals surface area contributed by atoms with Crippen molar-refractivity contribution in [2.24, 2.45) is 11.1 Å². The van der Waals surface area contributed by atoms with E-state index < -0.39 is 0 Å². The van der Waals surface area contributed by atoms with Gasteiger partial charge in [-0.3, -0.25) is 0 Å². The zero-order chi connectivity index (χ0) is 7.94. The van der Waals surface area contributed by atoms with Crippen molar-refractivity contribution >= 4 is 6.21 Å². The van der Waals surface area contributed by atoms with Crippen LogP contribution in [0.5, 0.6) is 0 Å². The van der Waals surface area contributed by atoms with Crippen molar-refractivity contribution in [3.05, 3.63) is 12.7 Å². The van der Waals surface area contributed by atoms with Crippen LogP contribution in [-0.4, -0.2) is 12.8 Å². The lowest BCUT2D eigenvalue weighted by atomic mass is 9.87. The van der Waals surface area contributed by atoms with Crippen molar-refractivity contribution in [3.8, 4) is 0 Å². The van der Waals surface area contributed by atoms with Crippen molar-refractivity contribution in [2.75, 3.05) is 6.61 Å². The molecule has 2 heteroatoms. The molecule has 0 saturated heterocycles. The standard InChI is InChI=1S/C9H14NO/c1-2-3-7-11-10-8-9-5-4-6-9/h2,9H,1,3-7H2. The van der Waals surface area contributed by atoms with Crippen molar-refractivity contribution < 1.29 is 4.84 Å². The molecule has 0 aromatic rings. The Morgan fingerprint density at radius 1 is 1.64 bits per heavy atom. The van der Waals surface area contributed by atoms with Gasteiger partial charge >= 0.3 is 0 Å². The second kappa shape index (κ2) is 4.94. The van der Waals surface area contributed by atoms with Crippen LogP contribution in [-0.2, 0) is 4.84 Å². The molecule has 0 amide bonds. The largest absolute Gasteiger partial charge is 0.395 e. The van der Waals surface area contributed by atoms with E-state index in [-0.39, 0.29) is 0 Å². The molecule has 0 aliphatic heterocycles. The average Bonchev–Trinajstić information content (AvgIpc) is 1.93. The summed E-state index contributed by atoms with van der Waals surface area (Å²) in [7, 11) is 0. The summed E-state index contributed by atoms with van der Waals surface area (Å²) in [4.78, 5) is 4.92. The number of hydrogen-bond donors (Lipinski definition) is 0. The van der Waals surface area contributed by atoms with Crippen LogP contribution in [0.15, 0.2) is 17.8 Å². The highest BCUT2D eigenvalue weighted by atomic mass is 16.6. The van der Waals surface area contributed by atoms with Crippen LogP contribution < -0.4 is 0 Å². The highest BCUT2D eigenvalue weighted by molar-refractivity contribution is 5.60. The third-order valence-corrected chi connectivity index (χ3v) is 1.82. The molecule has 2 nitrogen and oxygen atoms in total. The van der Waals surface area contributed by atoms with E-state index in [1.165, 1.54) is 19.3 Å². The number of rotatable bonds is 5. The molecule has 1 rings (SSSR count). The third-order valence-electron chi connectivity index (χ3n) is 1.82. The molecule has 1 aliphatic carbocycles. The molecule has 0 heterocycles. The Bertz CT molecular complexity index is 138. The molecule has 0 atom stereocenters. The molecular formula is C9H14NO. The van der Waals surface area contributed by atoms with E-state index in [1.54, 1.807) is 0 Å².